The SMILES string of the molecule is O=C(CNCc1ccccc1)Nc1cccc(C(=O)NC2CCCCC2)c1. The van der Waals surface area contributed by atoms with Gasteiger partial charge in [-0.3, -0.25) is 9.59 Å². The Labute approximate surface area is 160 Å². The molecule has 1 aliphatic carbocycles. The van der Waals surface area contributed by atoms with Gasteiger partial charge in [-0.1, -0.05) is 55.7 Å². The Hall–Kier alpha value is -2.66. The van der Waals surface area contributed by atoms with Gasteiger partial charge in [-0.15, -0.1) is 0 Å². The van der Waals surface area contributed by atoms with Gasteiger partial charge in [0.25, 0.3) is 5.91 Å². The van der Waals surface area contributed by atoms with Crippen LogP contribution in [0.4, 0.5) is 5.69 Å². The molecule has 3 N–H and O–H groups in total. The summed E-state index contributed by atoms with van der Waals surface area (Å²) >= 11 is 0. The fourth-order valence-electron chi connectivity index (χ4n) is 3.38. The Kier molecular flexibility index (Phi) is 6.99. The molecule has 27 heavy (non-hydrogen) atoms. The molecule has 2 aromatic carbocycles. The van der Waals surface area contributed by atoms with Gasteiger partial charge < -0.3 is 16.0 Å². The molecule has 0 radical (unpaired) electrons. The quantitative estimate of drug-likeness (QED) is 0.703. The normalized spacial score (nSPS) is 14.5. The van der Waals surface area contributed by atoms with Crippen molar-refractivity contribution in [3.05, 3.63) is 65.7 Å². The molecule has 5 heteroatoms. The molecule has 0 aliphatic heterocycles. The van der Waals surface area contributed by atoms with Gasteiger partial charge in [0.1, 0.15) is 0 Å². The lowest BCUT2D eigenvalue weighted by Gasteiger charge is -2.22. The predicted molar refractivity (Wildman–Crippen MR) is 108 cm³/mol. The van der Waals surface area contributed by atoms with E-state index in [1.54, 1.807) is 24.3 Å². The molecule has 0 atom stereocenters. The van der Waals surface area contributed by atoms with Crippen molar-refractivity contribution < 1.29 is 9.59 Å². The first-order valence-electron chi connectivity index (χ1n) is 9.66. The van der Waals surface area contributed by atoms with Crippen LogP contribution in [0.3, 0.4) is 0 Å². The highest BCUT2D eigenvalue weighted by Gasteiger charge is 2.16. The molecule has 3 rings (SSSR count). The van der Waals surface area contributed by atoms with E-state index in [4.69, 9.17) is 0 Å². The smallest absolute Gasteiger partial charge is 0.251 e. The van der Waals surface area contributed by atoms with E-state index in [1.807, 2.05) is 30.3 Å². The Balaban J connectivity index is 1.47. The third-order valence-electron chi connectivity index (χ3n) is 4.81. The van der Waals surface area contributed by atoms with Crippen LogP contribution < -0.4 is 16.0 Å². The first-order chi connectivity index (χ1) is 13.2. The van der Waals surface area contributed by atoms with Crippen molar-refractivity contribution in [2.75, 3.05) is 11.9 Å². The van der Waals surface area contributed by atoms with Crippen LogP contribution >= 0.6 is 0 Å². The summed E-state index contributed by atoms with van der Waals surface area (Å²) in [7, 11) is 0. The van der Waals surface area contributed by atoms with Crippen molar-refractivity contribution in [2.45, 2.75) is 44.7 Å². The maximum absolute atomic E-state index is 12.4. The second-order valence-electron chi connectivity index (χ2n) is 7.03. The number of carbonyl (C=O) groups is 2. The molecule has 0 unspecified atom stereocenters. The van der Waals surface area contributed by atoms with Crippen LogP contribution in [0, 0.1) is 0 Å². The Morgan fingerprint density at radius 1 is 0.926 bits per heavy atom. The van der Waals surface area contributed by atoms with E-state index >= 15 is 0 Å². The molecule has 0 saturated heterocycles. The summed E-state index contributed by atoms with van der Waals surface area (Å²) < 4.78 is 0. The first kappa shape index (κ1) is 19.1. The average molecular weight is 365 g/mol. The summed E-state index contributed by atoms with van der Waals surface area (Å²) in [6.07, 6.45) is 5.71. The van der Waals surface area contributed by atoms with Crippen LogP contribution in [0.2, 0.25) is 0 Å². The monoisotopic (exact) mass is 365 g/mol. The molecule has 142 valence electrons. The fraction of sp³-hybridized carbons (Fsp3) is 0.364. The summed E-state index contributed by atoms with van der Waals surface area (Å²) in [4.78, 5) is 24.6. The lowest BCUT2D eigenvalue weighted by atomic mass is 9.95. The van der Waals surface area contributed by atoms with Crippen molar-refractivity contribution in [1.29, 1.82) is 0 Å². The van der Waals surface area contributed by atoms with Crippen molar-refractivity contribution in [2.24, 2.45) is 0 Å². The second-order valence-corrected chi connectivity index (χ2v) is 7.03. The van der Waals surface area contributed by atoms with Gasteiger partial charge in [0.2, 0.25) is 5.91 Å². The van der Waals surface area contributed by atoms with E-state index in [9.17, 15) is 9.59 Å². The standard InChI is InChI=1S/C22H27N3O2/c26-21(16-23-15-17-8-3-1-4-9-17)24-20-13-7-10-18(14-20)22(27)25-19-11-5-2-6-12-19/h1,3-4,7-10,13-14,19,23H,2,5-6,11-12,15-16H2,(H,24,26)(H,25,27). The van der Waals surface area contributed by atoms with Crippen molar-refractivity contribution in [1.82, 2.24) is 10.6 Å². The molecule has 0 aromatic heterocycles. The largest absolute Gasteiger partial charge is 0.349 e. The number of hydrogen-bond acceptors (Lipinski definition) is 3. The van der Waals surface area contributed by atoms with Gasteiger partial charge in [-0.05, 0) is 36.6 Å². The molecule has 5 nitrogen and oxygen atoms in total. The fourth-order valence-corrected chi connectivity index (χ4v) is 3.38. The molecule has 2 amide bonds. The van der Waals surface area contributed by atoms with Gasteiger partial charge in [0.05, 0.1) is 6.54 Å². The summed E-state index contributed by atoms with van der Waals surface area (Å²) in [5.74, 6) is -0.198. The number of carbonyl (C=O) groups excluding carboxylic acids is 2. The van der Waals surface area contributed by atoms with E-state index in [0.717, 1.165) is 18.4 Å². The lowest BCUT2D eigenvalue weighted by Crippen LogP contribution is -2.36. The molecule has 0 heterocycles. The molecule has 0 spiro atoms. The third-order valence-corrected chi connectivity index (χ3v) is 4.81. The van der Waals surface area contributed by atoms with Gasteiger partial charge in [-0.25, -0.2) is 0 Å². The molecule has 1 fully saturated rings. The highest BCUT2D eigenvalue weighted by Crippen LogP contribution is 2.18. The zero-order valence-electron chi connectivity index (χ0n) is 15.5. The van der Waals surface area contributed by atoms with Crippen LogP contribution in [0.25, 0.3) is 0 Å². The van der Waals surface area contributed by atoms with Crippen LogP contribution in [-0.2, 0) is 11.3 Å². The zero-order valence-corrected chi connectivity index (χ0v) is 15.5. The Morgan fingerprint density at radius 3 is 2.48 bits per heavy atom. The summed E-state index contributed by atoms with van der Waals surface area (Å²) in [6.45, 7) is 0.853. The summed E-state index contributed by atoms with van der Waals surface area (Å²) in [5, 5.41) is 9.07. The topological polar surface area (TPSA) is 70.2 Å². The Morgan fingerprint density at radius 2 is 1.70 bits per heavy atom. The summed E-state index contributed by atoms with van der Waals surface area (Å²) in [5.41, 5.74) is 2.35. The van der Waals surface area contributed by atoms with E-state index in [0.29, 0.717) is 17.8 Å². The van der Waals surface area contributed by atoms with Gasteiger partial charge in [0.15, 0.2) is 0 Å². The highest BCUT2D eigenvalue weighted by molar-refractivity contribution is 5.97. The van der Waals surface area contributed by atoms with E-state index in [-0.39, 0.29) is 24.4 Å². The molecule has 2 aromatic rings. The number of amides is 2. The predicted octanol–water partition coefficient (Wildman–Crippen LogP) is 3.48. The van der Waals surface area contributed by atoms with E-state index in [2.05, 4.69) is 16.0 Å². The van der Waals surface area contributed by atoms with Crippen molar-refractivity contribution in [3.8, 4) is 0 Å². The minimum Gasteiger partial charge on any atom is -0.349 e. The number of benzene rings is 2. The Bertz CT molecular complexity index is 755. The minimum atomic E-state index is -0.129. The molecule has 0 bridgehead atoms. The zero-order chi connectivity index (χ0) is 18.9. The van der Waals surface area contributed by atoms with Crippen LogP contribution in [-0.4, -0.2) is 24.4 Å². The molecular weight excluding hydrogens is 338 g/mol. The second kappa shape index (κ2) is 9.88. The van der Waals surface area contributed by atoms with Gasteiger partial charge >= 0.3 is 0 Å². The molecular formula is C22H27N3O2. The van der Waals surface area contributed by atoms with Crippen LogP contribution in [0.1, 0.15) is 48.0 Å². The number of anilines is 1. The van der Waals surface area contributed by atoms with E-state index in [1.165, 1.54) is 19.3 Å². The van der Waals surface area contributed by atoms with Crippen LogP contribution in [0.15, 0.2) is 54.6 Å². The first-order valence-corrected chi connectivity index (χ1v) is 9.66. The number of hydrogen-bond donors (Lipinski definition) is 3. The number of rotatable bonds is 7. The van der Waals surface area contributed by atoms with Crippen molar-refractivity contribution >= 4 is 17.5 Å². The minimum absolute atomic E-state index is 0.0693. The van der Waals surface area contributed by atoms with Crippen LogP contribution in [0.5, 0.6) is 0 Å². The lowest BCUT2D eigenvalue weighted by molar-refractivity contribution is -0.115. The highest BCUT2D eigenvalue weighted by atomic mass is 16.2. The maximum atomic E-state index is 12.4. The number of nitrogens with one attached hydrogen (secondary N) is 3. The van der Waals surface area contributed by atoms with E-state index < -0.39 is 0 Å². The van der Waals surface area contributed by atoms with Crippen molar-refractivity contribution in [3.63, 3.8) is 0 Å². The molecule has 1 saturated carbocycles. The van der Waals surface area contributed by atoms with Gasteiger partial charge in [-0.2, -0.15) is 0 Å². The van der Waals surface area contributed by atoms with Gasteiger partial charge in [0, 0.05) is 23.8 Å². The average Bonchev–Trinajstić information content (AvgIpc) is 2.70. The maximum Gasteiger partial charge on any atom is 0.251 e. The molecule has 1 aliphatic rings. The summed E-state index contributed by atoms with van der Waals surface area (Å²) in [6, 6.07) is 17.3. The third kappa shape index (κ3) is 6.22.